The fourth-order valence-electron chi connectivity index (χ4n) is 3.05. The van der Waals surface area contributed by atoms with Crippen molar-refractivity contribution in [3.8, 4) is 5.69 Å². The topological polar surface area (TPSA) is 64.0 Å². The van der Waals surface area contributed by atoms with Crippen molar-refractivity contribution in [3.05, 3.63) is 94.3 Å². The van der Waals surface area contributed by atoms with Crippen molar-refractivity contribution in [2.45, 2.75) is 12.1 Å². The Labute approximate surface area is 180 Å². The molecule has 0 aliphatic rings. The van der Waals surface area contributed by atoms with Crippen LogP contribution >= 0.6 is 11.8 Å². The molecule has 0 fully saturated rings. The molecule has 3 aromatic carbocycles. The molecule has 0 saturated carbocycles. The summed E-state index contributed by atoms with van der Waals surface area (Å²) in [7, 11) is 0. The number of carbonyl (C=O) groups is 1. The van der Waals surface area contributed by atoms with Crippen molar-refractivity contribution < 1.29 is 13.6 Å². The highest BCUT2D eigenvalue weighted by Crippen LogP contribution is 2.23. The first kappa shape index (κ1) is 20.7. The first-order chi connectivity index (χ1) is 14.9. The van der Waals surface area contributed by atoms with Gasteiger partial charge >= 0.3 is 0 Å². The molecule has 4 aromatic rings. The van der Waals surface area contributed by atoms with Crippen molar-refractivity contribution in [2.24, 2.45) is 0 Å². The van der Waals surface area contributed by atoms with Gasteiger partial charge in [0.2, 0.25) is 5.91 Å². The zero-order chi connectivity index (χ0) is 22.0. The molecule has 31 heavy (non-hydrogen) atoms. The summed E-state index contributed by atoms with van der Waals surface area (Å²) in [4.78, 5) is 30.1. The second kappa shape index (κ2) is 8.69. The third-order valence-electron chi connectivity index (χ3n) is 4.60. The van der Waals surface area contributed by atoms with Crippen molar-refractivity contribution in [2.75, 3.05) is 11.1 Å². The number of aromatic nitrogens is 2. The van der Waals surface area contributed by atoms with E-state index < -0.39 is 23.2 Å². The van der Waals surface area contributed by atoms with Crippen LogP contribution in [0.15, 0.2) is 76.7 Å². The van der Waals surface area contributed by atoms with Gasteiger partial charge in [0, 0.05) is 0 Å². The number of hydrogen-bond donors (Lipinski definition) is 1. The normalized spacial score (nSPS) is 10.9. The van der Waals surface area contributed by atoms with Gasteiger partial charge in [-0.1, -0.05) is 47.7 Å². The summed E-state index contributed by atoms with van der Waals surface area (Å²) in [5, 5.41) is 2.99. The molecule has 156 valence electrons. The maximum absolute atomic E-state index is 13.8. The van der Waals surface area contributed by atoms with Gasteiger partial charge in [0.25, 0.3) is 5.56 Å². The monoisotopic (exact) mass is 437 g/mol. The highest BCUT2D eigenvalue weighted by atomic mass is 32.2. The van der Waals surface area contributed by atoms with E-state index in [2.05, 4.69) is 10.3 Å². The van der Waals surface area contributed by atoms with Crippen LogP contribution in [0.25, 0.3) is 16.6 Å². The van der Waals surface area contributed by atoms with Crippen LogP contribution in [0.3, 0.4) is 0 Å². The van der Waals surface area contributed by atoms with Crippen LogP contribution in [0.2, 0.25) is 0 Å². The Morgan fingerprint density at radius 3 is 2.39 bits per heavy atom. The van der Waals surface area contributed by atoms with Gasteiger partial charge in [-0.15, -0.1) is 0 Å². The van der Waals surface area contributed by atoms with E-state index in [1.54, 1.807) is 36.4 Å². The summed E-state index contributed by atoms with van der Waals surface area (Å²) in [6.45, 7) is 1.94. The predicted molar refractivity (Wildman–Crippen MR) is 118 cm³/mol. The van der Waals surface area contributed by atoms with Crippen LogP contribution in [0.1, 0.15) is 5.56 Å². The van der Waals surface area contributed by atoms with Crippen molar-refractivity contribution in [1.29, 1.82) is 0 Å². The third-order valence-corrected chi connectivity index (χ3v) is 5.54. The number of fused-ring (bicyclic) bond motifs is 1. The lowest BCUT2D eigenvalue weighted by Crippen LogP contribution is -2.23. The summed E-state index contributed by atoms with van der Waals surface area (Å²) in [6.07, 6.45) is 0. The van der Waals surface area contributed by atoms with Crippen molar-refractivity contribution in [3.63, 3.8) is 0 Å². The van der Waals surface area contributed by atoms with E-state index in [1.165, 1.54) is 10.6 Å². The molecule has 1 aromatic heterocycles. The molecule has 0 unspecified atom stereocenters. The lowest BCUT2D eigenvalue weighted by atomic mass is 10.2. The number of carbonyl (C=O) groups excluding carboxylic acids is 1. The average Bonchev–Trinajstić information content (AvgIpc) is 2.76. The summed E-state index contributed by atoms with van der Waals surface area (Å²) in [5.41, 5.74) is 1.37. The maximum Gasteiger partial charge on any atom is 0.266 e. The zero-order valence-corrected chi connectivity index (χ0v) is 17.2. The number of halogens is 2. The Morgan fingerprint density at radius 2 is 1.68 bits per heavy atom. The van der Waals surface area contributed by atoms with E-state index >= 15 is 0 Å². The van der Waals surface area contributed by atoms with E-state index in [1.807, 2.05) is 19.1 Å². The quantitative estimate of drug-likeness (QED) is 0.363. The number of hydrogen-bond acceptors (Lipinski definition) is 4. The molecule has 1 amide bonds. The van der Waals surface area contributed by atoms with E-state index in [-0.39, 0.29) is 11.3 Å². The lowest BCUT2D eigenvalue weighted by Gasteiger charge is -2.13. The number of thioether (sulfide) groups is 1. The SMILES string of the molecule is Cc1ccc(-n2c(SCC(=O)Nc3c(F)cccc3F)nc3ccccc3c2=O)cc1. The molecule has 0 aliphatic carbocycles. The molecular weight excluding hydrogens is 420 g/mol. The highest BCUT2D eigenvalue weighted by Gasteiger charge is 2.16. The Kier molecular flexibility index (Phi) is 5.81. The van der Waals surface area contributed by atoms with Crippen LogP contribution in [0, 0.1) is 18.6 Å². The number of para-hydroxylation sites is 2. The number of rotatable bonds is 5. The highest BCUT2D eigenvalue weighted by molar-refractivity contribution is 7.99. The zero-order valence-electron chi connectivity index (χ0n) is 16.4. The van der Waals surface area contributed by atoms with Crippen LogP contribution in [-0.2, 0) is 4.79 Å². The van der Waals surface area contributed by atoms with E-state index in [0.717, 1.165) is 29.5 Å². The first-order valence-corrected chi connectivity index (χ1v) is 10.4. The number of nitrogens with one attached hydrogen (secondary N) is 1. The van der Waals surface area contributed by atoms with E-state index in [9.17, 15) is 18.4 Å². The molecule has 0 bridgehead atoms. The van der Waals surface area contributed by atoms with Gasteiger partial charge in [-0.05, 0) is 43.3 Å². The van der Waals surface area contributed by atoms with Gasteiger partial charge < -0.3 is 5.32 Å². The molecule has 5 nitrogen and oxygen atoms in total. The van der Waals surface area contributed by atoms with E-state index in [0.29, 0.717) is 21.7 Å². The van der Waals surface area contributed by atoms with Gasteiger partial charge in [-0.25, -0.2) is 13.8 Å². The summed E-state index contributed by atoms with van der Waals surface area (Å²) >= 11 is 1.01. The molecule has 4 rings (SSSR count). The van der Waals surface area contributed by atoms with Gasteiger partial charge in [0.15, 0.2) is 5.16 Å². The summed E-state index contributed by atoms with van der Waals surface area (Å²) in [6, 6.07) is 17.6. The number of anilines is 1. The molecule has 8 heteroatoms. The fourth-order valence-corrected chi connectivity index (χ4v) is 3.87. The molecule has 0 radical (unpaired) electrons. The van der Waals surface area contributed by atoms with Crippen LogP contribution in [0.4, 0.5) is 14.5 Å². The maximum atomic E-state index is 13.8. The molecular formula is C23H17F2N3O2S. The Hall–Kier alpha value is -3.52. The molecule has 0 saturated heterocycles. The predicted octanol–water partition coefficient (Wildman–Crippen LogP) is 4.70. The van der Waals surface area contributed by atoms with Gasteiger partial charge in [-0.2, -0.15) is 0 Å². The van der Waals surface area contributed by atoms with E-state index in [4.69, 9.17) is 0 Å². The standard InChI is InChI=1S/C23H17F2N3O2S/c1-14-9-11-15(12-10-14)28-22(30)16-5-2-3-8-19(16)26-23(28)31-13-20(29)27-21-17(24)6-4-7-18(21)25/h2-12H,13H2,1H3,(H,27,29). The molecule has 0 atom stereocenters. The molecule has 1 heterocycles. The number of nitrogens with zero attached hydrogens (tertiary/aromatic N) is 2. The minimum atomic E-state index is -0.862. The fraction of sp³-hybridized carbons (Fsp3) is 0.0870. The summed E-state index contributed by atoms with van der Waals surface area (Å²) in [5.74, 6) is -2.53. The van der Waals surface area contributed by atoms with Crippen LogP contribution in [0.5, 0.6) is 0 Å². The first-order valence-electron chi connectivity index (χ1n) is 9.39. The lowest BCUT2D eigenvalue weighted by molar-refractivity contribution is -0.113. The number of amides is 1. The largest absolute Gasteiger partial charge is 0.320 e. The van der Waals surface area contributed by atoms with Crippen LogP contribution in [-0.4, -0.2) is 21.2 Å². The Balaban J connectivity index is 1.68. The second-order valence-corrected chi connectivity index (χ2v) is 7.76. The van der Waals surface area contributed by atoms with Crippen molar-refractivity contribution in [1.82, 2.24) is 9.55 Å². The second-order valence-electron chi connectivity index (χ2n) is 6.82. The number of aryl methyl sites for hydroxylation is 1. The molecule has 1 N–H and O–H groups in total. The molecule has 0 aliphatic heterocycles. The summed E-state index contributed by atoms with van der Waals surface area (Å²) < 4.78 is 29.0. The van der Waals surface area contributed by atoms with Gasteiger partial charge in [-0.3, -0.25) is 14.2 Å². The van der Waals surface area contributed by atoms with Gasteiger partial charge in [0.1, 0.15) is 17.3 Å². The minimum Gasteiger partial charge on any atom is -0.320 e. The van der Waals surface area contributed by atoms with Crippen molar-refractivity contribution >= 4 is 34.3 Å². The number of benzene rings is 3. The Bertz CT molecular complexity index is 1320. The molecule has 0 spiro atoms. The smallest absolute Gasteiger partial charge is 0.266 e. The minimum absolute atomic E-state index is 0.190. The average molecular weight is 437 g/mol. The Morgan fingerprint density at radius 1 is 1.00 bits per heavy atom. The van der Waals surface area contributed by atoms with Crippen LogP contribution < -0.4 is 10.9 Å². The van der Waals surface area contributed by atoms with Gasteiger partial charge in [0.05, 0.1) is 22.3 Å². The third kappa shape index (κ3) is 4.34.